The second-order valence-corrected chi connectivity index (χ2v) is 10.1. The van der Waals surface area contributed by atoms with Gasteiger partial charge in [-0.15, -0.1) is 0 Å². The topological polar surface area (TPSA) is 56.8 Å². The maximum atomic E-state index is 14.1. The molecule has 0 aromatic heterocycles. The molecule has 0 saturated carbocycles. The Kier molecular flexibility index (Phi) is 10.2. The van der Waals surface area contributed by atoms with Crippen LogP contribution in [0, 0.1) is 5.82 Å². The molecule has 4 aromatic carbocycles. The number of methoxy groups -OCH3 is 1. The van der Waals surface area contributed by atoms with Gasteiger partial charge in [-0.2, -0.15) is 43.9 Å². The van der Waals surface area contributed by atoms with Crippen molar-refractivity contribution in [3.8, 4) is 17.2 Å². The molecule has 0 radical (unpaired) electrons. The number of ether oxygens (including phenoxy) is 3. The molecule has 16 heteroatoms. The van der Waals surface area contributed by atoms with Gasteiger partial charge in [0.1, 0.15) is 11.6 Å². The highest BCUT2D eigenvalue weighted by atomic mass is 19.4. The minimum absolute atomic E-state index is 0.0870. The summed E-state index contributed by atoms with van der Waals surface area (Å²) in [5.74, 6) is -4.85. The number of alkyl halides is 10. The van der Waals surface area contributed by atoms with Gasteiger partial charge < -0.3 is 19.5 Å². The van der Waals surface area contributed by atoms with Crippen LogP contribution in [-0.4, -0.2) is 31.9 Å². The number of hydrogen-bond acceptors (Lipinski definition) is 4. The van der Waals surface area contributed by atoms with E-state index in [4.69, 9.17) is 4.74 Å². The Labute approximate surface area is 264 Å². The van der Waals surface area contributed by atoms with Crippen molar-refractivity contribution in [3.63, 3.8) is 0 Å². The fourth-order valence-electron chi connectivity index (χ4n) is 4.77. The Morgan fingerprint density at radius 3 is 2.04 bits per heavy atom. The third-order valence-electron chi connectivity index (χ3n) is 6.95. The zero-order valence-corrected chi connectivity index (χ0v) is 24.2. The van der Waals surface area contributed by atoms with E-state index in [1.165, 1.54) is 18.2 Å². The lowest BCUT2D eigenvalue weighted by Crippen LogP contribution is -2.49. The first kappa shape index (κ1) is 35.8. The molecule has 1 amide bonds. The van der Waals surface area contributed by atoms with Crippen LogP contribution in [-0.2, 0) is 18.1 Å². The molecule has 0 spiro atoms. The fraction of sp³-hybridized carbons (Fsp3) is 0.219. The smallest absolute Gasteiger partial charge is 0.493 e. The van der Waals surface area contributed by atoms with Crippen LogP contribution in [0.2, 0.25) is 0 Å². The summed E-state index contributed by atoms with van der Waals surface area (Å²) in [4.78, 5) is 13.7. The number of amides is 1. The largest absolute Gasteiger partial charge is 0.499 e. The summed E-state index contributed by atoms with van der Waals surface area (Å²) < 4.78 is 161. The predicted octanol–water partition coefficient (Wildman–Crippen LogP) is 8.90. The molecule has 0 aliphatic rings. The normalized spacial score (nSPS) is 13.5. The van der Waals surface area contributed by atoms with E-state index in [1.54, 1.807) is 18.2 Å². The number of halogens is 11. The minimum atomic E-state index is -6.13. The predicted molar refractivity (Wildman–Crippen MR) is 147 cm³/mol. The molecular formula is C32H22F11NO4. The number of carbonyl (C=O) groups is 1. The van der Waals surface area contributed by atoms with E-state index in [0.717, 1.165) is 49.6 Å². The summed E-state index contributed by atoms with van der Waals surface area (Å²) >= 11 is 0. The first-order valence-corrected chi connectivity index (χ1v) is 13.5. The van der Waals surface area contributed by atoms with E-state index in [9.17, 15) is 53.1 Å². The SMILES string of the molecule is COc1cc([C@](Cc2ccccc2)(NC(=O)c2ccc(F)c(C(F)(F)F)c2)c2cccc(OC(F)(F)C(F)(F)F)c2)ccc1OC(F)F. The Morgan fingerprint density at radius 1 is 0.771 bits per heavy atom. The second kappa shape index (κ2) is 13.6. The highest BCUT2D eigenvalue weighted by molar-refractivity contribution is 5.95. The van der Waals surface area contributed by atoms with Crippen LogP contribution >= 0.6 is 0 Å². The second-order valence-electron chi connectivity index (χ2n) is 10.1. The summed E-state index contributed by atoms with van der Waals surface area (Å²) in [6.45, 7) is -3.32. The Balaban J connectivity index is 1.99. The minimum Gasteiger partial charge on any atom is -0.493 e. The number of rotatable bonds is 11. The third-order valence-corrected chi connectivity index (χ3v) is 6.95. The van der Waals surface area contributed by atoms with Crippen molar-refractivity contribution in [3.05, 3.63) is 125 Å². The van der Waals surface area contributed by atoms with Crippen molar-refractivity contribution >= 4 is 5.91 Å². The van der Waals surface area contributed by atoms with Gasteiger partial charge in [-0.25, -0.2) is 4.39 Å². The maximum Gasteiger partial charge on any atom is 0.499 e. The van der Waals surface area contributed by atoms with Crippen molar-refractivity contribution in [1.29, 1.82) is 0 Å². The van der Waals surface area contributed by atoms with Crippen LogP contribution in [0.1, 0.15) is 32.6 Å². The third kappa shape index (κ3) is 7.91. The highest BCUT2D eigenvalue weighted by Gasteiger charge is 2.61. The van der Waals surface area contributed by atoms with Crippen molar-refractivity contribution in [2.24, 2.45) is 0 Å². The van der Waals surface area contributed by atoms with Crippen molar-refractivity contribution in [2.45, 2.75) is 37.0 Å². The molecule has 0 bridgehead atoms. The highest BCUT2D eigenvalue weighted by Crippen LogP contribution is 2.42. The summed E-state index contributed by atoms with van der Waals surface area (Å²) in [7, 11) is 1.07. The number of carbonyl (C=O) groups excluding carboxylic acids is 1. The zero-order valence-electron chi connectivity index (χ0n) is 24.2. The maximum absolute atomic E-state index is 14.1. The van der Waals surface area contributed by atoms with Crippen LogP contribution in [0.15, 0.2) is 91.0 Å². The Hall–Kier alpha value is -5.02. The van der Waals surface area contributed by atoms with Crippen molar-refractivity contribution in [1.82, 2.24) is 5.32 Å². The molecule has 1 N–H and O–H groups in total. The lowest BCUT2D eigenvalue weighted by Gasteiger charge is -2.37. The van der Waals surface area contributed by atoms with Gasteiger partial charge in [0.05, 0.1) is 18.2 Å². The quantitative estimate of drug-likeness (QED) is 0.160. The molecular weight excluding hydrogens is 671 g/mol. The van der Waals surface area contributed by atoms with E-state index in [2.05, 4.69) is 14.8 Å². The summed E-state index contributed by atoms with van der Waals surface area (Å²) in [6, 6.07) is 16.0. The molecule has 48 heavy (non-hydrogen) atoms. The fourth-order valence-corrected chi connectivity index (χ4v) is 4.77. The van der Waals surface area contributed by atoms with Crippen LogP contribution in [0.4, 0.5) is 48.3 Å². The van der Waals surface area contributed by atoms with Gasteiger partial charge in [0.15, 0.2) is 11.5 Å². The van der Waals surface area contributed by atoms with E-state index in [-0.39, 0.29) is 29.4 Å². The number of benzene rings is 4. The van der Waals surface area contributed by atoms with Crippen LogP contribution in [0.5, 0.6) is 17.2 Å². The average Bonchev–Trinajstić information content (AvgIpc) is 3.00. The van der Waals surface area contributed by atoms with E-state index in [1.807, 2.05) is 0 Å². The van der Waals surface area contributed by atoms with Crippen LogP contribution < -0.4 is 19.5 Å². The summed E-state index contributed by atoms with van der Waals surface area (Å²) in [5, 5.41) is 2.52. The molecule has 256 valence electrons. The Morgan fingerprint density at radius 2 is 1.44 bits per heavy atom. The number of hydrogen-bond donors (Lipinski definition) is 1. The molecule has 1 atom stereocenters. The Bertz CT molecular complexity index is 1740. The van der Waals surface area contributed by atoms with Gasteiger partial charge in [-0.3, -0.25) is 4.79 Å². The van der Waals surface area contributed by atoms with Gasteiger partial charge in [-0.05, 0) is 59.2 Å². The zero-order chi connectivity index (χ0) is 35.5. The molecule has 0 aliphatic heterocycles. The molecule has 4 rings (SSSR count). The molecule has 0 aliphatic carbocycles. The lowest BCUT2D eigenvalue weighted by molar-refractivity contribution is -0.360. The molecule has 0 saturated heterocycles. The van der Waals surface area contributed by atoms with Gasteiger partial charge in [0.2, 0.25) is 0 Å². The van der Waals surface area contributed by atoms with E-state index >= 15 is 0 Å². The first-order chi connectivity index (χ1) is 22.4. The monoisotopic (exact) mass is 693 g/mol. The molecule has 4 aromatic rings. The number of nitrogens with one attached hydrogen (secondary N) is 1. The van der Waals surface area contributed by atoms with Gasteiger partial charge >= 0.3 is 25.1 Å². The lowest BCUT2D eigenvalue weighted by atomic mass is 9.77. The van der Waals surface area contributed by atoms with Gasteiger partial charge in [-0.1, -0.05) is 48.5 Å². The van der Waals surface area contributed by atoms with Gasteiger partial charge in [0, 0.05) is 12.0 Å². The first-order valence-electron chi connectivity index (χ1n) is 13.5. The molecule has 0 heterocycles. The van der Waals surface area contributed by atoms with Crippen molar-refractivity contribution < 1.29 is 67.3 Å². The standard InChI is InChI=1S/C32H22F11NO4/c1-46-26-16-21(11-13-25(26)47-28(34)35)29(17-18-6-3-2-4-7-18,20-8-5-9-22(15-20)48-32(42,43)31(39,40)41)44-27(45)19-10-12-24(33)23(14-19)30(36,37)38/h2-16,28H,17H2,1H3,(H,44,45)/t29-/m1/s1. The summed E-state index contributed by atoms with van der Waals surface area (Å²) in [5.41, 5.74) is -4.57. The van der Waals surface area contributed by atoms with Crippen LogP contribution in [0.25, 0.3) is 0 Å². The van der Waals surface area contributed by atoms with Crippen molar-refractivity contribution in [2.75, 3.05) is 7.11 Å². The van der Waals surface area contributed by atoms with Gasteiger partial charge in [0.25, 0.3) is 5.91 Å². The van der Waals surface area contributed by atoms with E-state index < -0.39 is 65.0 Å². The molecule has 0 fully saturated rings. The molecule has 5 nitrogen and oxygen atoms in total. The summed E-state index contributed by atoms with van der Waals surface area (Å²) in [6.07, 6.45) is -17.4. The van der Waals surface area contributed by atoms with Crippen LogP contribution in [0.3, 0.4) is 0 Å². The molecule has 0 unspecified atom stereocenters. The van der Waals surface area contributed by atoms with E-state index in [0.29, 0.717) is 11.6 Å². The average molecular weight is 694 g/mol.